The van der Waals surface area contributed by atoms with Crippen LogP contribution >= 0.6 is 39.1 Å². The zero-order valence-corrected chi connectivity index (χ0v) is 31.5. The molecule has 4 aromatic rings. The molecule has 270 valence electrons. The molecule has 4 aromatic carbocycles. The number of hydrogen-bond donors (Lipinski definition) is 2. The monoisotopic (exact) mass is 815 g/mol. The largest absolute Gasteiger partial charge is 0.504 e. The highest BCUT2D eigenvalue weighted by Gasteiger charge is 2.70. The number of anilines is 2. The third-order valence-corrected chi connectivity index (χ3v) is 12.3. The number of halogens is 3. The second-order valence-electron chi connectivity index (χ2n) is 13.6. The van der Waals surface area contributed by atoms with Gasteiger partial charge in [-0.3, -0.25) is 29.5 Å². The van der Waals surface area contributed by atoms with Crippen molar-refractivity contribution in [3.8, 4) is 17.2 Å². The number of rotatable bonds is 7. The van der Waals surface area contributed by atoms with Gasteiger partial charge in [0.2, 0.25) is 11.8 Å². The zero-order chi connectivity index (χ0) is 37.3. The SMILES string of the molecule is COc1ccc(C23C(=O)N(Nc4ccc(Cl)cc4Cl)C(=O)C2CC2C(=CCC4C(=O)N(c5ccc(Br)cc5)C(=O)C42)C3c2cccc(OC)c2O)cc1. The first-order valence-electron chi connectivity index (χ1n) is 16.9. The molecule has 53 heavy (non-hydrogen) atoms. The zero-order valence-electron chi connectivity index (χ0n) is 28.4. The summed E-state index contributed by atoms with van der Waals surface area (Å²) in [6.45, 7) is 0. The van der Waals surface area contributed by atoms with Crippen LogP contribution in [0, 0.1) is 23.7 Å². The normalized spacial score (nSPS) is 26.2. The number of phenols is 1. The number of phenolic OH excluding ortho intramolecular Hbond substituents is 1. The Morgan fingerprint density at radius 2 is 1.60 bits per heavy atom. The van der Waals surface area contributed by atoms with Gasteiger partial charge in [0.1, 0.15) is 5.75 Å². The van der Waals surface area contributed by atoms with Crippen LogP contribution in [-0.2, 0) is 24.6 Å². The fourth-order valence-corrected chi connectivity index (χ4v) is 9.68. The summed E-state index contributed by atoms with van der Waals surface area (Å²) in [5.74, 6) is -5.45. The lowest BCUT2D eigenvalue weighted by atomic mass is 9.49. The highest BCUT2D eigenvalue weighted by atomic mass is 79.9. The molecule has 4 amide bonds. The minimum absolute atomic E-state index is 0.0740. The number of para-hydroxylation sites is 1. The molecule has 1 saturated carbocycles. The van der Waals surface area contributed by atoms with Gasteiger partial charge >= 0.3 is 0 Å². The number of hydrogen-bond acceptors (Lipinski definition) is 8. The van der Waals surface area contributed by atoms with Crippen LogP contribution in [0.3, 0.4) is 0 Å². The molecule has 0 spiro atoms. The fraction of sp³-hybridized carbons (Fsp3) is 0.250. The van der Waals surface area contributed by atoms with Crippen LogP contribution in [0.15, 0.2) is 101 Å². The van der Waals surface area contributed by atoms with Gasteiger partial charge < -0.3 is 14.6 Å². The molecular weight excluding hydrogens is 785 g/mol. The topological polar surface area (TPSA) is 125 Å². The van der Waals surface area contributed by atoms with Crippen LogP contribution < -0.4 is 19.8 Å². The van der Waals surface area contributed by atoms with E-state index in [1.807, 2.05) is 6.08 Å². The van der Waals surface area contributed by atoms with Gasteiger partial charge in [0.15, 0.2) is 11.5 Å². The first-order valence-corrected chi connectivity index (χ1v) is 18.5. The van der Waals surface area contributed by atoms with Gasteiger partial charge in [-0.15, -0.1) is 0 Å². The molecule has 2 heterocycles. The molecule has 0 aromatic heterocycles. The third-order valence-electron chi connectivity index (χ3n) is 11.2. The molecule has 4 aliphatic rings. The van der Waals surface area contributed by atoms with Crippen LogP contribution in [0.5, 0.6) is 17.2 Å². The van der Waals surface area contributed by atoms with Crippen LogP contribution in [0.2, 0.25) is 10.0 Å². The molecule has 2 N–H and O–H groups in total. The summed E-state index contributed by atoms with van der Waals surface area (Å²) in [7, 11) is 2.96. The predicted molar refractivity (Wildman–Crippen MR) is 202 cm³/mol. The van der Waals surface area contributed by atoms with Crippen LogP contribution in [0.4, 0.5) is 11.4 Å². The van der Waals surface area contributed by atoms with Crippen molar-refractivity contribution in [1.82, 2.24) is 5.01 Å². The van der Waals surface area contributed by atoms with Crippen molar-refractivity contribution < 1.29 is 33.8 Å². The van der Waals surface area contributed by atoms with Gasteiger partial charge in [-0.05, 0) is 85.0 Å². The number of nitrogens with one attached hydrogen (secondary N) is 1. The Hall–Kier alpha value is -4.84. The molecule has 3 fully saturated rings. The minimum atomic E-state index is -1.63. The van der Waals surface area contributed by atoms with Gasteiger partial charge in [0.25, 0.3) is 11.8 Å². The average molecular weight is 818 g/mol. The summed E-state index contributed by atoms with van der Waals surface area (Å²) in [4.78, 5) is 60.1. The van der Waals surface area contributed by atoms with E-state index in [4.69, 9.17) is 32.7 Å². The van der Waals surface area contributed by atoms with Crippen molar-refractivity contribution in [2.45, 2.75) is 24.2 Å². The number of amides is 4. The van der Waals surface area contributed by atoms with Crippen molar-refractivity contribution in [3.05, 3.63) is 122 Å². The van der Waals surface area contributed by atoms with Crippen molar-refractivity contribution in [3.63, 3.8) is 0 Å². The Bertz CT molecular complexity index is 2230. The number of imide groups is 2. The number of hydrazine groups is 1. The summed E-state index contributed by atoms with van der Waals surface area (Å²) in [5.41, 5.74) is 3.61. The van der Waals surface area contributed by atoms with Crippen molar-refractivity contribution in [2.24, 2.45) is 23.7 Å². The number of fused-ring (bicyclic) bond motifs is 4. The predicted octanol–water partition coefficient (Wildman–Crippen LogP) is 7.67. The van der Waals surface area contributed by atoms with Gasteiger partial charge in [-0.25, -0.2) is 0 Å². The second-order valence-corrected chi connectivity index (χ2v) is 15.4. The standard InChI is InChI=1S/C40H32BrCl2N3O7/c1-52-24-13-6-20(7-14-24)40-29(37(49)46(39(40)51)44-31-17-10-22(42)18-30(31)43)19-28-25(34(40)27-4-3-5-32(53-2)35(27)47)15-16-26-33(28)38(50)45(36(26)48)23-11-8-21(41)9-12-23/h3-15,17-18,26,28-29,33-34,44,47H,16,19H2,1-2H3. The Kier molecular flexibility index (Phi) is 8.79. The van der Waals surface area contributed by atoms with Crippen molar-refractivity contribution in [2.75, 3.05) is 24.5 Å². The maximum absolute atomic E-state index is 15.4. The summed E-state index contributed by atoms with van der Waals surface area (Å²) < 4.78 is 11.8. The first-order chi connectivity index (χ1) is 25.5. The van der Waals surface area contributed by atoms with Crippen LogP contribution in [0.1, 0.15) is 29.9 Å². The Morgan fingerprint density at radius 1 is 0.868 bits per heavy atom. The number of methoxy groups -OCH3 is 2. The summed E-state index contributed by atoms with van der Waals surface area (Å²) >= 11 is 16.1. The van der Waals surface area contributed by atoms with E-state index in [1.165, 1.54) is 25.2 Å². The number of nitrogens with zero attached hydrogens (tertiary/aromatic N) is 2. The molecule has 10 nitrogen and oxygen atoms in total. The molecule has 0 radical (unpaired) electrons. The first kappa shape index (κ1) is 35.2. The fourth-order valence-electron chi connectivity index (χ4n) is 8.97. The lowest BCUT2D eigenvalue weighted by Crippen LogP contribution is -2.53. The molecule has 2 aliphatic carbocycles. The number of carbonyl (C=O) groups is 4. The number of benzene rings is 4. The summed E-state index contributed by atoms with van der Waals surface area (Å²) in [6.07, 6.45) is 2.23. The number of allylic oxidation sites excluding steroid dienone is 2. The van der Waals surface area contributed by atoms with E-state index in [9.17, 15) is 19.5 Å². The van der Waals surface area contributed by atoms with E-state index in [0.29, 0.717) is 33.2 Å². The third kappa shape index (κ3) is 5.26. The Labute approximate surface area is 323 Å². The van der Waals surface area contributed by atoms with E-state index in [2.05, 4.69) is 21.4 Å². The quantitative estimate of drug-likeness (QED) is 0.144. The molecule has 2 aliphatic heterocycles. The van der Waals surface area contributed by atoms with Crippen molar-refractivity contribution >= 4 is 74.1 Å². The van der Waals surface area contributed by atoms with Gasteiger partial charge in [0.05, 0.1) is 53.8 Å². The van der Waals surface area contributed by atoms with E-state index in [1.54, 1.807) is 78.9 Å². The lowest BCUT2D eigenvalue weighted by Gasteiger charge is -2.50. The molecule has 0 bridgehead atoms. The molecule has 2 saturated heterocycles. The summed E-state index contributed by atoms with van der Waals surface area (Å²) in [5, 5.41) is 13.4. The molecule has 13 heteroatoms. The van der Waals surface area contributed by atoms with Crippen LogP contribution in [0.25, 0.3) is 0 Å². The number of ether oxygens (including phenoxy) is 2. The number of carbonyl (C=O) groups excluding carboxylic acids is 4. The summed E-state index contributed by atoms with van der Waals surface area (Å²) in [6, 6.07) is 23.6. The smallest absolute Gasteiger partial charge is 0.260 e. The van der Waals surface area contributed by atoms with Gasteiger partial charge in [-0.1, -0.05) is 75.0 Å². The number of aromatic hydroxyl groups is 1. The molecule has 6 atom stereocenters. The Morgan fingerprint density at radius 3 is 2.28 bits per heavy atom. The highest BCUT2D eigenvalue weighted by Crippen LogP contribution is 2.65. The van der Waals surface area contributed by atoms with Crippen molar-refractivity contribution in [1.29, 1.82) is 0 Å². The Balaban J connectivity index is 1.35. The second kappa shape index (κ2) is 13.2. The van der Waals surface area contributed by atoms with E-state index in [0.717, 1.165) is 9.48 Å². The van der Waals surface area contributed by atoms with E-state index >= 15 is 4.79 Å². The van der Waals surface area contributed by atoms with Gasteiger partial charge in [0, 0.05) is 21.0 Å². The van der Waals surface area contributed by atoms with Crippen LogP contribution in [-0.4, -0.2) is 48.0 Å². The minimum Gasteiger partial charge on any atom is -0.504 e. The maximum atomic E-state index is 15.4. The van der Waals surface area contributed by atoms with E-state index in [-0.39, 0.29) is 46.9 Å². The molecular formula is C40H32BrCl2N3O7. The molecule has 6 unspecified atom stereocenters. The maximum Gasteiger partial charge on any atom is 0.260 e. The average Bonchev–Trinajstić information content (AvgIpc) is 3.54. The highest BCUT2D eigenvalue weighted by molar-refractivity contribution is 9.10. The molecule has 8 rings (SSSR count). The lowest BCUT2D eigenvalue weighted by molar-refractivity contribution is -0.138. The van der Waals surface area contributed by atoms with E-state index < -0.39 is 46.8 Å². The van der Waals surface area contributed by atoms with Gasteiger partial charge in [-0.2, -0.15) is 5.01 Å².